The highest BCUT2D eigenvalue weighted by molar-refractivity contribution is 5.91. The lowest BCUT2D eigenvalue weighted by atomic mass is 9.96. The second kappa shape index (κ2) is 3.15. The van der Waals surface area contributed by atoms with Crippen LogP contribution in [0.3, 0.4) is 0 Å². The van der Waals surface area contributed by atoms with Gasteiger partial charge in [0.1, 0.15) is 0 Å². The molecular formula is C12H13N3O. The zero-order chi connectivity index (χ0) is 11.2. The maximum absolute atomic E-state index is 9.74. The fourth-order valence-electron chi connectivity index (χ4n) is 2.19. The van der Waals surface area contributed by atoms with Crippen LogP contribution in [-0.2, 0) is 0 Å². The fraction of sp³-hybridized carbons (Fsp3) is 0.333. The number of anilines is 1. The van der Waals surface area contributed by atoms with E-state index >= 15 is 0 Å². The normalized spacial score (nSPS) is 18.5. The molecule has 1 aromatic carbocycles. The molecule has 0 bridgehead atoms. The van der Waals surface area contributed by atoms with Gasteiger partial charge in [0, 0.05) is 18.5 Å². The maximum Gasteiger partial charge on any atom is 0.0967 e. The van der Waals surface area contributed by atoms with Crippen LogP contribution in [0.5, 0.6) is 0 Å². The smallest absolute Gasteiger partial charge is 0.0967 e. The van der Waals surface area contributed by atoms with E-state index in [0.717, 1.165) is 16.6 Å². The largest absolute Gasteiger partial charge is 0.386 e. The first-order chi connectivity index (χ1) is 7.66. The first kappa shape index (κ1) is 9.54. The van der Waals surface area contributed by atoms with Crippen molar-refractivity contribution < 1.29 is 5.11 Å². The number of fused-ring (bicyclic) bond motifs is 1. The number of rotatable bonds is 1. The third-order valence-electron chi connectivity index (χ3n) is 2.93. The summed E-state index contributed by atoms with van der Waals surface area (Å²) in [6.07, 6.45) is 1.76. The monoisotopic (exact) mass is 215 g/mol. The van der Waals surface area contributed by atoms with Crippen LogP contribution in [0, 0.1) is 0 Å². The highest BCUT2D eigenvalue weighted by Gasteiger charge is 2.37. The summed E-state index contributed by atoms with van der Waals surface area (Å²) in [5, 5.41) is 18.9. The zero-order valence-corrected chi connectivity index (χ0v) is 9.09. The molecule has 1 N–H and O–H groups in total. The van der Waals surface area contributed by atoms with Crippen molar-refractivity contribution in [1.29, 1.82) is 0 Å². The summed E-state index contributed by atoms with van der Waals surface area (Å²) in [5.41, 5.74) is 1.38. The van der Waals surface area contributed by atoms with E-state index in [1.807, 2.05) is 31.2 Å². The molecule has 82 valence electrons. The van der Waals surface area contributed by atoms with Gasteiger partial charge in [-0.3, -0.25) is 0 Å². The Kier molecular flexibility index (Phi) is 1.88. The minimum Gasteiger partial charge on any atom is -0.386 e. The van der Waals surface area contributed by atoms with E-state index in [4.69, 9.17) is 0 Å². The van der Waals surface area contributed by atoms with Gasteiger partial charge >= 0.3 is 0 Å². The molecule has 16 heavy (non-hydrogen) atoms. The summed E-state index contributed by atoms with van der Waals surface area (Å²) in [4.78, 5) is 2.12. The van der Waals surface area contributed by atoms with Crippen molar-refractivity contribution in [3.63, 3.8) is 0 Å². The number of benzene rings is 1. The van der Waals surface area contributed by atoms with Gasteiger partial charge in [-0.25, -0.2) is 0 Å². The molecule has 4 nitrogen and oxygen atoms in total. The number of aromatic nitrogens is 2. The second-order valence-electron chi connectivity index (χ2n) is 4.60. The van der Waals surface area contributed by atoms with Gasteiger partial charge in [-0.05, 0) is 13.0 Å². The SMILES string of the molecule is CC1(O)CN(c2cnnc3ccccc23)C1. The molecule has 1 fully saturated rings. The quantitative estimate of drug-likeness (QED) is 0.776. The van der Waals surface area contributed by atoms with Gasteiger partial charge in [-0.1, -0.05) is 18.2 Å². The summed E-state index contributed by atoms with van der Waals surface area (Å²) in [6.45, 7) is 3.16. The van der Waals surface area contributed by atoms with Crippen LogP contribution in [0.15, 0.2) is 30.5 Å². The Morgan fingerprint density at radius 3 is 2.81 bits per heavy atom. The predicted octanol–water partition coefficient (Wildman–Crippen LogP) is 1.20. The molecule has 0 unspecified atom stereocenters. The third kappa shape index (κ3) is 1.42. The maximum atomic E-state index is 9.74. The van der Waals surface area contributed by atoms with Crippen molar-refractivity contribution in [2.24, 2.45) is 0 Å². The van der Waals surface area contributed by atoms with E-state index in [0.29, 0.717) is 13.1 Å². The van der Waals surface area contributed by atoms with E-state index in [1.54, 1.807) is 6.20 Å². The molecular weight excluding hydrogens is 202 g/mol. The summed E-state index contributed by atoms with van der Waals surface area (Å²) >= 11 is 0. The zero-order valence-electron chi connectivity index (χ0n) is 9.09. The molecule has 0 saturated carbocycles. The van der Waals surface area contributed by atoms with E-state index < -0.39 is 5.60 Å². The molecule has 0 spiro atoms. The number of hydrogen-bond donors (Lipinski definition) is 1. The fourth-order valence-corrected chi connectivity index (χ4v) is 2.19. The van der Waals surface area contributed by atoms with Crippen LogP contribution in [-0.4, -0.2) is 34.0 Å². The molecule has 1 aromatic heterocycles. The van der Waals surface area contributed by atoms with Gasteiger partial charge in [-0.2, -0.15) is 10.2 Å². The second-order valence-corrected chi connectivity index (χ2v) is 4.60. The molecule has 0 radical (unpaired) electrons. The molecule has 1 saturated heterocycles. The first-order valence-corrected chi connectivity index (χ1v) is 5.33. The highest BCUT2D eigenvalue weighted by atomic mass is 16.3. The number of aliphatic hydroxyl groups is 1. The van der Waals surface area contributed by atoms with Crippen molar-refractivity contribution in [3.05, 3.63) is 30.5 Å². The van der Waals surface area contributed by atoms with Crippen molar-refractivity contribution in [2.45, 2.75) is 12.5 Å². The summed E-state index contributed by atoms with van der Waals surface area (Å²) < 4.78 is 0. The van der Waals surface area contributed by atoms with Gasteiger partial charge in [0.05, 0.1) is 23.0 Å². The Morgan fingerprint density at radius 1 is 1.31 bits per heavy atom. The minimum atomic E-state index is -0.565. The minimum absolute atomic E-state index is 0.565. The molecule has 0 aliphatic carbocycles. The van der Waals surface area contributed by atoms with Crippen LogP contribution in [0.2, 0.25) is 0 Å². The van der Waals surface area contributed by atoms with E-state index in [-0.39, 0.29) is 0 Å². The molecule has 1 aliphatic heterocycles. The average Bonchev–Trinajstić information content (AvgIpc) is 2.25. The van der Waals surface area contributed by atoms with Crippen molar-refractivity contribution in [1.82, 2.24) is 10.2 Å². The van der Waals surface area contributed by atoms with Crippen molar-refractivity contribution in [3.8, 4) is 0 Å². The molecule has 1 aliphatic rings. The Labute approximate surface area is 93.5 Å². The van der Waals surface area contributed by atoms with E-state index in [2.05, 4.69) is 15.1 Å². The highest BCUT2D eigenvalue weighted by Crippen LogP contribution is 2.31. The topological polar surface area (TPSA) is 49.2 Å². The third-order valence-corrected chi connectivity index (χ3v) is 2.93. The summed E-state index contributed by atoms with van der Waals surface area (Å²) in [7, 11) is 0. The van der Waals surface area contributed by atoms with E-state index in [1.165, 1.54) is 0 Å². The van der Waals surface area contributed by atoms with Gasteiger partial charge in [0.2, 0.25) is 0 Å². The molecule has 0 atom stereocenters. The lowest BCUT2D eigenvalue weighted by Crippen LogP contribution is -2.60. The Morgan fingerprint density at radius 2 is 2.06 bits per heavy atom. The van der Waals surface area contributed by atoms with Crippen molar-refractivity contribution in [2.75, 3.05) is 18.0 Å². The Bertz CT molecular complexity index is 525. The van der Waals surface area contributed by atoms with Gasteiger partial charge in [-0.15, -0.1) is 0 Å². The standard InChI is InChI=1S/C12H13N3O/c1-12(16)7-15(8-12)11-6-13-14-10-5-3-2-4-9(10)11/h2-6,16H,7-8H2,1H3. The van der Waals surface area contributed by atoms with Crippen LogP contribution < -0.4 is 4.90 Å². The average molecular weight is 215 g/mol. The number of β-amino-alcohol motifs (C(OH)–C–C–N with tert-alkyl or cyclic N) is 1. The first-order valence-electron chi connectivity index (χ1n) is 5.33. The molecule has 4 heteroatoms. The van der Waals surface area contributed by atoms with Gasteiger partial charge in [0.25, 0.3) is 0 Å². The number of nitrogens with zero attached hydrogens (tertiary/aromatic N) is 3. The lowest BCUT2D eigenvalue weighted by Gasteiger charge is -2.45. The molecule has 2 aromatic rings. The Hall–Kier alpha value is -1.68. The molecule has 3 rings (SSSR count). The van der Waals surface area contributed by atoms with Crippen molar-refractivity contribution >= 4 is 16.6 Å². The van der Waals surface area contributed by atoms with Gasteiger partial charge in [0.15, 0.2) is 0 Å². The predicted molar refractivity (Wildman–Crippen MR) is 62.4 cm³/mol. The molecule has 2 heterocycles. The number of hydrogen-bond acceptors (Lipinski definition) is 4. The van der Waals surface area contributed by atoms with Crippen LogP contribution in [0.1, 0.15) is 6.92 Å². The Balaban J connectivity index is 2.05. The van der Waals surface area contributed by atoms with Gasteiger partial charge < -0.3 is 10.0 Å². The lowest BCUT2D eigenvalue weighted by molar-refractivity contribution is 0.0312. The van der Waals surface area contributed by atoms with E-state index in [9.17, 15) is 5.11 Å². The summed E-state index contributed by atoms with van der Waals surface area (Å²) in [6, 6.07) is 7.93. The molecule has 0 amide bonds. The summed E-state index contributed by atoms with van der Waals surface area (Å²) in [5.74, 6) is 0. The van der Waals surface area contributed by atoms with Crippen LogP contribution in [0.25, 0.3) is 10.9 Å². The van der Waals surface area contributed by atoms with Crippen LogP contribution >= 0.6 is 0 Å². The van der Waals surface area contributed by atoms with Crippen LogP contribution in [0.4, 0.5) is 5.69 Å².